The summed E-state index contributed by atoms with van der Waals surface area (Å²) in [5.74, 6) is 0.0104. The van der Waals surface area contributed by atoms with Crippen LogP contribution in [0.25, 0.3) is 0 Å². The maximum absolute atomic E-state index is 13.1. The van der Waals surface area contributed by atoms with Crippen molar-refractivity contribution in [2.75, 3.05) is 6.61 Å². The Kier molecular flexibility index (Phi) is 5.43. The molecule has 0 unspecified atom stereocenters. The molecule has 2 nitrogen and oxygen atoms in total. The highest BCUT2D eigenvalue weighted by Gasteiger charge is 2.15. The molecule has 0 amide bonds. The van der Waals surface area contributed by atoms with Crippen molar-refractivity contribution in [3.63, 3.8) is 0 Å². The number of unbranched alkanes of at least 4 members (excludes halogenated alkanes) is 1. The fourth-order valence-corrected chi connectivity index (χ4v) is 1.60. The van der Waals surface area contributed by atoms with E-state index in [4.69, 9.17) is 21.6 Å². The van der Waals surface area contributed by atoms with Crippen LogP contribution in [0.5, 0.6) is 5.75 Å². The lowest BCUT2D eigenvalue weighted by Crippen LogP contribution is -2.08. The monoisotopic (exact) mass is 269 g/mol. The lowest BCUT2D eigenvalue weighted by Gasteiger charge is -2.14. The van der Waals surface area contributed by atoms with E-state index in [0.29, 0.717) is 12.4 Å². The van der Waals surface area contributed by atoms with Gasteiger partial charge in [-0.15, -0.1) is 0 Å². The molecule has 0 N–H and O–H groups in total. The minimum Gasteiger partial charge on any atom is -0.493 e. The van der Waals surface area contributed by atoms with Crippen LogP contribution in [0, 0.1) is 22.6 Å². The summed E-state index contributed by atoms with van der Waals surface area (Å²) in [6, 6.07) is 6.66. The number of hydrogen-bond donors (Lipinski definition) is 0. The fraction of sp³-hybridized carbons (Fsp3) is 0.500. The van der Waals surface area contributed by atoms with Gasteiger partial charge in [0.05, 0.1) is 23.1 Å². The van der Waals surface area contributed by atoms with Crippen LogP contribution in [-0.2, 0) is 0 Å². The number of benzene rings is 1. The summed E-state index contributed by atoms with van der Waals surface area (Å²) in [7, 11) is 0. The van der Waals surface area contributed by atoms with Gasteiger partial charge in [0.15, 0.2) is 0 Å². The summed E-state index contributed by atoms with van der Waals surface area (Å²) in [6.07, 6.45) is 2.59. The van der Waals surface area contributed by atoms with E-state index in [1.54, 1.807) is 6.07 Å². The van der Waals surface area contributed by atoms with E-state index >= 15 is 0 Å². The Morgan fingerprint density at radius 3 is 2.72 bits per heavy atom. The molecule has 1 rings (SSSR count). The Morgan fingerprint density at radius 1 is 1.39 bits per heavy atom. The zero-order chi connectivity index (χ0) is 13.6. The SMILES string of the molecule is CC(C)(C#N)CCCCOc1ccc(Cl)c(F)c1. The lowest BCUT2D eigenvalue weighted by atomic mass is 9.89. The van der Waals surface area contributed by atoms with Crippen LogP contribution in [0.2, 0.25) is 5.02 Å². The van der Waals surface area contributed by atoms with Crippen molar-refractivity contribution in [3.05, 3.63) is 29.0 Å². The Labute approximate surface area is 112 Å². The second-order valence-corrected chi connectivity index (χ2v) is 5.28. The summed E-state index contributed by atoms with van der Waals surface area (Å²) in [6.45, 7) is 4.35. The Morgan fingerprint density at radius 2 is 2.11 bits per heavy atom. The summed E-state index contributed by atoms with van der Waals surface area (Å²) in [5, 5.41) is 8.95. The molecule has 98 valence electrons. The van der Waals surface area contributed by atoms with Gasteiger partial charge in [-0.05, 0) is 45.2 Å². The van der Waals surface area contributed by atoms with Crippen molar-refractivity contribution in [3.8, 4) is 11.8 Å². The van der Waals surface area contributed by atoms with Crippen LogP contribution >= 0.6 is 11.6 Å². The van der Waals surface area contributed by atoms with Gasteiger partial charge in [-0.25, -0.2) is 4.39 Å². The van der Waals surface area contributed by atoms with Crippen molar-refractivity contribution >= 4 is 11.6 Å². The number of nitriles is 1. The second kappa shape index (κ2) is 6.61. The average molecular weight is 270 g/mol. The van der Waals surface area contributed by atoms with Gasteiger partial charge >= 0.3 is 0 Å². The van der Waals surface area contributed by atoms with E-state index in [9.17, 15) is 4.39 Å². The third-order valence-corrected chi connectivity index (χ3v) is 2.97. The third kappa shape index (κ3) is 4.93. The molecule has 0 fully saturated rings. The average Bonchev–Trinajstić information content (AvgIpc) is 2.33. The lowest BCUT2D eigenvalue weighted by molar-refractivity contribution is 0.294. The Bertz CT molecular complexity index is 440. The van der Waals surface area contributed by atoms with E-state index in [2.05, 4.69) is 6.07 Å². The van der Waals surface area contributed by atoms with Gasteiger partial charge in [-0.2, -0.15) is 5.26 Å². The minimum absolute atomic E-state index is 0.0955. The predicted octanol–water partition coefficient (Wildman–Crippen LogP) is 4.58. The van der Waals surface area contributed by atoms with Gasteiger partial charge in [-0.3, -0.25) is 0 Å². The molecular formula is C14H17ClFNO. The van der Waals surface area contributed by atoms with Gasteiger partial charge in [0.25, 0.3) is 0 Å². The largest absolute Gasteiger partial charge is 0.493 e. The molecule has 0 aliphatic carbocycles. The van der Waals surface area contributed by atoms with Gasteiger partial charge < -0.3 is 4.74 Å². The molecular weight excluding hydrogens is 253 g/mol. The van der Waals surface area contributed by atoms with Crippen molar-refractivity contribution in [2.45, 2.75) is 33.1 Å². The number of rotatable bonds is 6. The number of nitrogens with zero attached hydrogens (tertiary/aromatic N) is 1. The standard InChI is InChI=1S/C14H17ClFNO/c1-14(2,10-17)7-3-4-8-18-11-5-6-12(15)13(16)9-11/h5-6,9H,3-4,7-8H2,1-2H3. The van der Waals surface area contributed by atoms with E-state index in [1.807, 2.05) is 13.8 Å². The molecule has 0 aromatic heterocycles. The van der Waals surface area contributed by atoms with Crippen LogP contribution in [0.3, 0.4) is 0 Å². The minimum atomic E-state index is -0.472. The summed E-state index contributed by atoms with van der Waals surface area (Å²) in [5.41, 5.74) is -0.285. The first kappa shape index (κ1) is 14.8. The molecule has 1 aromatic rings. The Balaban J connectivity index is 2.26. The number of ether oxygens (including phenoxy) is 1. The molecule has 1 aromatic carbocycles. The fourth-order valence-electron chi connectivity index (χ4n) is 1.48. The van der Waals surface area contributed by atoms with Crippen molar-refractivity contribution in [1.29, 1.82) is 5.26 Å². The predicted molar refractivity (Wildman–Crippen MR) is 70.2 cm³/mol. The molecule has 0 atom stereocenters. The van der Waals surface area contributed by atoms with Gasteiger partial charge in [0, 0.05) is 6.07 Å². The second-order valence-electron chi connectivity index (χ2n) is 4.88. The third-order valence-electron chi connectivity index (χ3n) is 2.66. The molecule has 0 bridgehead atoms. The summed E-state index contributed by atoms with van der Waals surface area (Å²) >= 11 is 5.57. The summed E-state index contributed by atoms with van der Waals surface area (Å²) < 4.78 is 18.5. The molecule has 0 aliphatic heterocycles. The van der Waals surface area contributed by atoms with Crippen LogP contribution in [-0.4, -0.2) is 6.61 Å². The van der Waals surface area contributed by atoms with E-state index in [-0.39, 0.29) is 10.4 Å². The van der Waals surface area contributed by atoms with Gasteiger partial charge in [0.1, 0.15) is 11.6 Å². The maximum atomic E-state index is 13.1. The Hall–Kier alpha value is -1.27. The smallest absolute Gasteiger partial charge is 0.145 e. The highest BCUT2D eigenvalue weighted by atomic mass is 35.5. The number of hydrogen-bond acceptors (Lipinski definition) is 2. The first-order valence-electron chi connectivity index (χ1n) is 5.94. The quantitative estimate of drug-likeness (QED) is 0.708. The first-order chi connectivity index (χ1) is 8.44. The molecule has 0 heterocycles. The van der Waals surface area contributed by atoms with Crippen LogP contribution in [0.4, 0.5) is 4.39 Å². The zero-order valence-corrected chi connectivity index (χ0v) is 11.4. The van der Waals surface area contributed by atoms with Gasteiger partial charge in [-0.1, -0.05) is 11.6 Å². The van der Waals surface area contributed by atoms with Crippen molar-refractivity contribution < 1.29 is 9.13 Å². The van der Waals surface area contributed by atoms with E-state index in [0.717, 1.165) is 19.3 Å². The highest BCUT2D eigenvalue weighted by Crippen LogP contribution is 2.23. The van der Waals surface area contributed by atoms with Crippen LogP contribution in [0.15, 0.2) is 18.2 Å². The normalized spacial score (nSPS) is 11.1. The van der Waals surface area contributed by atoms with Crippen molar-refractivity contribution in [1.82, 2.24) is 0 Å². The van der Waals surface area contributed by atoms with E-state index < -0.39 is 5.82 Å². The molecule has 0 saturated carbocycles. The first-order valence-corrected chi connectivity index (χ1v) is 6.31. The zero-order valence-electron chi connectivity index (χ0n) is 10.7. The molecule has 0 radical (unpaired) electrons. The summed E-state index contributed by atoms with van der Waals surface area (Å²) in [4.78, 5) is 0. The molecule has 18 heavy (non-hydrogen) atoms. The highest BCUT2D eigenvalue weighted by molar-refractivity contribution is 6.30. The van der Waals surface area contributed by atoms with Crippen LogP contribution in [0.1, 0.15) is 33.1 Å². The van der Waals surface area contributed by atoms with Crippen molar-refractivity contribution in [2.24, 2.45) is 5.41 Å². The topological polar surface area (TPSA) is 33.0 Å². The molecule has 4 heteroatoms. The van der Waals surface area contributed by atoms with Crippen LogP contribution < -0.4 is 4.74 Å². The molecule has 0 aliphatic rings. The van der Waals surface area contributed by atoms with E-state index in [1.165, 1.54) is 12.1 Å². The number of halogens is 2. The maximum Gasteiger partial charge on any atom is 0.145 e. The van der Waals surface area contributed by atoms with Gasteiger partial charge in [0.2, 0.25) is 0 Å². The molecule has 0 spiro atoms. The molecule has 0 saturated heterocycles.